The largest absolute Gasteiger partial charge is 0.488 e. The molecule has 3 nitrogen and oxygen atoms in total. The molecular formula is C9H7ClF2O3. The Bertz CT molecular complexity index is 368. The van der Waals surface area contributed by atoms with Crippen LogP contribution < -0.4 is 4.74 Å². The molecule has 0 aliphatic carbocycles. The molecular weight excluding hydrogens is 230 g/mol. The Morgan fingerprint density at radius 3 is 2.73 bits per heavy atom. The average Bonchev–Trinajstić information content (AvgIpc) is 2.16. The Kier molecular flexibility index (Phi) is 3.85. The molecule has 0 spiro atoms. The molecule has 1 N–H and O–H groups in total. The fourth-order valence-electron chi connectivity index (χ4n) is 0.917. The van der Waals surface area contributed by atoms with E-state index in [1.54, 1.807) is 0 Å². The van der Waals surface area contributed by atoms with Crippen molar-refractivity contribution in [2.75, 3.05) is 6.61 Å². The SMILES string of the molecule is O=C(O)c1cc(OCC(F)F)ccc1Cl. The van der Waals surface area contributed by atoms with E-state index in [9.17, 15) is 13.6 Å². The summed E-state index contributed by atoms with van der Waals surface area (Å²) in [7, 11) is 0. The topological polar surface area (TPSA) is 46.5 Å². The number of aromatic carboxylic acids is 1. The van der Waals surface area contributed by atoms with Gasteiger partial charge < -0.3 is 9.84 Å². The van der Waals surface area contributed by atoms with Crippen LogP contribution in [0.4, 0.5) is 8.78 Å². The zero-order valence-electron chi connectivity index (χ0n) is 7.41. The zero-order valence-corrected chi connectivity index (χ0v) is 8.17. The average molecular weight is 237 g/mol. The second-order valence-electron chi connectivity index (χ2n) is 2.65. The summed E-state index contributed by atoms with van der Waals surface area (Å²) in [4.78, 5) is 10.6. The normalized spacial score (nSPS) is 10.4. The fourth-order valence-corrected chi connectivity index (χ4v) is 1.12. The predicted octanol–water partition coefficient (Wildman–Crippen LogP) is 2.68. The number of carbonyl (C=O) groups is 1. The molecule has 1 aromatic carbocycles. The molecule has 0 aromatic heterocycles. The lowest BCUT2D eigenvalue weighted by Crippen LogP contribution is -2.07. The van der Waals surface area contributed by atoms with E-state index in [1.165, 1.54) is 12.1 Å². The van der Waals surface area contributed by atoms with Gasteiger partial charge in [-0.3, -0.25) is 0 Å². The molecule has 6 heteroatoms. The van der Waals surface area contributed by atoms with Crippen molar-refractivity contribution in [1.29, 1.82) is 0 Å². The summed E-state index contributed by atoms with van der Waals surface area (Å²) < 4.78 is 28.2. The number of rotatable bonds is 4. The molecule has 0 saturated carbocycles. The molecule has 0 aliphatic heterocycles. The van der Waals surface area contributed by atoms with Crippen LogP contribution in [0.2, 0.25) is 5.02 Å². The molecule has 0 radical (unpaired) electrons. The van der Waals surface area contributed by atoms with Crippen molar-refractivity contribution >= 4 is 17.6 Å². The Balaban J connectivity index is 2.83. The number of hydrogen-bond donors (Lipinski definition) is 1. The summed E-state index contributed by atoms with van der Waals surface area (Å²) in [5.41, 5.74) is -0.177. The minimum atomic E-state index is -2.60. The number of halogens is 3. The maximum Gasteiger partial charge on any atom is 0.337 e. The maximum absolute atomic E-state index is 11.8. The lowest BCUT2D eigenvalue weighted by molar-refractivity contribution is 0.0695. The molecule has 0 unspecified atom stereocenters. The lowest BCUT2D eigenvalue weighted by Gasteiger charge is -2.06. The summed E-state index contributed by atoms with van der Waals surface area (Å²) in [5, 5.41) is 8.71. The number of carboxylic acids is 1. The molecule has 0 atom stereocenters. The Hall–Kier alpha value is -1.36. The van der Waals surface area contributed by atoms with Gasteiger partial charge in [0.2, 0.25) is 0 Å². The van der Waals surface area contributed by atoms with Gasteiger partial charge in [0.1, 0.15) is 12.4 Å². The van der Waals surface area contributed by atoms with E-state index in [1.807, 2.05) is 0 Å². The van der Waals surface area contributed by atoms with Crippen LogP contribution in [-0.4, -0.2) is 24.1 Å². The lowest BCUT2D eigenvalue weighted by atomic mass is 10.2. The molecule has 1 rings (SSSR count). The third-order valence-corrected chi connectivity index (χ3v) is 1.87. The fraction of sp³-hybridized carbons (Fsp3) is 0.222. The Morgan fingerprint density at radius 2 is 2.20 bits per heavy atom. The predicted molar refractivity (Wildman–Crippen MR) is 49.9 cm³/mol. The van der Waals surface area contributed by atoms with Crippen LogP contribution in [-0.2, 0) is 0 Å². The first-order valence-corrected chi connectivity index (χ1v) is 4.32. The number of hydrogen-bond acceptors (Lipinski definition) is 2. The summed E-state index contributed by atoms with van der Waals surface area (Å²) in [6, 6.07) is 3.72. The second kappa shape index (κ2) is 4.93. The molecule has 0 aliphatic rings. The van der Waals surface area contributed by atoms with E-state index >= 15 is 0 Å². The second-order valence-corrected chi connectivity index (χ2v) is 3.06. The van der Waals surface area contributed by atoms with Gasteiger partial charge >= 0.3 is 5.97 Å². The van der Waals surface area contributed by atoms with Crippen molar-refractivity contribution in [1.82, 2.24) is 0 Å². The van der Waals surface area contributed by atoms with Crippen molar-refractivity contribution < 1.29 is 23.4 Å². The van der Waals surface area contributed by atoms with E-state index in [0.29, 0.717) is 0 Å². The van der Waals surface area contributed by atoms with E-state index in [4.69, 9.17) is 16.7 Å². The molecule has 0 bridgehead atoms. The van der Waals surface area contributed by atoms with Crippen LogP contribution >= 0.6 is 11.6 Å². The van der Waals surface area contributed by atoms with Gasteiger partial charge in [0, 0.05) is 0 Å². The Morgan fingerprint density at radius 1 is 1.53 bits per heavy atom. The van der Waals surface area contributed by atoms with E-state index in [-0.39, 0.29) is 16.3 Å². The van der Waals surface area contributed by atoms with Gasteiger partial charge in [0.05, 0.1) is 10.6 Å². The first kappa shape index (κ1) is 11.7. The van der Waals surface area contributed by atoms with Crippen LogP contribution in [0.15, 0.2) is 18.2 Å². The van der Waals surface area contributed by atoms with Crippen molar-refractivity contribution in [2.45, 2.75) is 6.43 Å². The number of carboxylic acid groups (broad SMARTS) is 1. The highest BCUT2D eigenvalue weighted by molar-refractivity contribution is 6.33. The van der Waals surface area contributed by atoms with Gasteiger partial charge in [0.25, 0.3) is 6.43 Å². The molecule has 0 saturated heterocycles. The van der Waals surface area contributed by atoms with E-state index in [2.05, 4.69) is 4.74 Å². The van der Waals surface area contributed by atoms with Crippen LogP contribution in [0.25, 0.3) is 0 Å². The monoisotopic (exact) mass is 236 g/mol. The van der Waals surface area contributed by atoms with Crippen LogP contribution in [0.5, 0.6) is 5.75 Å². The van der Waals surface area contributed by atoms with Gasteiger partial charge in [-0.1, -0.05) is 11.6 Å². The third kappa shape index (κ3) is 3.36. The molecule has 1 aromatic rings. The molecule has 0 heterocycles. The van der Waals surface area contributed by atoms with Crippen LogP contribution in [0.1, 0.15) is 10.4 Å². The van der Waals surface area contributed by atoms with Crippen molar-refractivity contribution in [3.8, 4) is 5.75 Å². The smallest absolute Gasteiger partial charge is 0.337 e. The van der Waals surface area contributed by atoms with Crippen molar-refractivity contribution in [2.24, 2.45) is 0 Å². The number of alkyl halides is 2. The first-order chi connectivity index (χ1) is 7.00. The number of ether oxygens (including phenoxy) is 1. The Labute approximate surface area is 89.2 Å². The molecule has 0 amide bonds. The van der Waals surface area contributed by atoms with Crippen LogP contribution in [0.3, 0.4) is 0 Å². The van der Waals surface area contributed by atoms with Gasteiger partial charge in [0.15, 0.2) is 0 Å². The standard InChI is InChI=1S/C9H7ClF2O3/c10-7-2-1-5(15-4-8(11)12)3-6(7)9(13)14/h1-3,8H,4H2,(H,13,14). The third-order valence-electron chi connectivity index (χ3n) is 1.54. The summed E-state index contributed by atoms with van der Waals surface area (Å²) >= 11 is 5.57. The number of benzene rings is 1. The summed E-state index contributed by atoms with van der Waals surface area (Å²) in [5.74, 6) is -1.18. The molecule has 82 valence electrons. The maximum atomic E-state index is 11.8. The minimum Gasteiger partial charge on any atom is -0.488 e. The van der Waals surface area contributed by atoms with Crippen molar-refractivity contribution in [3.05, 3.63) is 28.8 Å². The first-order valence-electron chi connectivity index (χ1n) is 3.94. The highest BCUT2D eigenvalue weighted by Gasteiger charge is 2.11. The zero-order chi connectivity index (χ0) is 11.4. The highest BCUT2D eigenvalue weighted by Crippen LogP contribution is 2.22. The molecule has 0 fully saturated rings. The van der Waals surface area contributed by atoms with Gasteiger partial charge in [-0.15, -0.1) is 0 Å². The van der Waals surface area contributed by atoms with Crippen molar-refractivity contribution in [3.63, 3.8) is 0 Å². The van der Waals surface area contributed by atoms with Gasteiger partial charge in [-0.25, -0.2) is 13.6 Å². The quantitative estimate of drug-likeness (QED) is 0.874. The summed E-state index contributed by atoms with van der Waals surface area (Å²) in [6.07, 6.45) is -2.60. The van der Waals surface area contributed by atoms with Crippen LogP contribution in [0, 0.1) is 0 Å². The van der Waals surface area contributed by atoms with E-state index < -0.39 is 19.0 Å². The van der Waals surface area contributed by atoms with Gasteiger partial charge in [-0.2, -0.15) is 0 Å². The highest BCUT2D eigenvalue weighted by atomic mass is 35.5. The summed E-state index contributed by atoms with van der Waals surface area (Å²) in [6.45, 7) is -0.777. The molecule has 15 heavy (non-hydrogen) atoms. The van der Waals surface area contributed by atoms with E-state index in [0.717, 1.165) is 6.07 Å². The van der Waals surface area contributed by atoms with Gasteiger partial charge in [-0.05, 0) is 18.2 Å². The minimum absolute atomic E-state index is 0.0342.